The smallest absolute Gasteiger partial charge is 0.261 e. The molecular weight excluding hydrogens is 338 g/mol. The van der Waals surface area contributed by atoms with Crippen LogP contribution in [0.2, 0.25) is 0 Å². The Morgan fingerprint density at radius 2 is 1.81 bits per heavy atom. The van der Waals surface area contributed by atoms with Crippen molar-refractivity contribution >= 4 is 16.6 Å². The molecule has 2 aromatic carbocycles. The number of rotatable bonds is 4. The van der Waals surface area contributed by atoms with E-state index < -0.39 is 0 Å². The molecule has 5 heteroatoms. The number of hydrogen-bond donors (Lipinski definition) is 0. The Morgan fingerprint density at radius 3 is 2.70 bits per heavy atom. The largest absolute Gasteiger partial charge is 0.467 e. The van der Waals surface area contributed by atoms with Crippen LogP contribution in [0.15, 0.2) is 76.1 Å². The van der Waals surface area contributed by atoms with E-state index in [1.165, 1.54) is 11.3 Å². The maximum atomic E-state index is 13.2. The summed E-state index contributed by atoms with van der Waals surface area (Å²) >= 11 is 0. The molecule has 0 N–H and O–H groups in total. The van der Waals surface area contributed by atoms with Gasteiger partial charge in [-0.15, -0.1) is 0 Å². The molecule has 0 spiro atoms. The quantitative estimate of drug-likeness (QED) is 0.560. The third kappa shape index (κ3) is 2.81. The van der Waals surface area contributed by atoms with Crippen molar-refractivity contribution in [3.63, 3.8) is 0 Å². The third-order valence-electron chi connectivity index (χ3n) is 5.15. The van der Waals surface area contributed by atoms with Crippen LogP contribution in [-0.4, -0.2) is 16.1 Å². The van der Waals surface area contributed by atoms with Crippen molar-refractivity contribution in [2.45, 2.75) is 19.5 Å². The summed E-state index contributed by atoms with van der Waals surface area (Å²) in [5, 5.41) is 0.634. The number of benzene rings is 2. The van der Waals surface area contributed by atoms with Gasteiger partial charge >= 0.3 is 0 Å². The highest BCUT2D eigenvalue weighted by atomic mass is 16.3. The van der Waals surface area contributed by atoms with Crippen LogP contribution in [-0.2, 0) is 19.5 Å². The lowest BCUT2D eigenvalue weighted by molar-refractivity contribution is 0.482. The predicted octanol–water partition coefficient (Wildman–Crippen LogP) is 3.60. The Morgan fingerprint density at radius 1 is 0.963 bits per heavy atom. The van der Waals surface area contributed by atoms with Gasteiger partial charge in [0.1, 0.15) is 11.6 Å². The summed E-state index contributed by atoms with van der Waals surface area (Å²) in [6, 6.07) is 19.7. The van der Waals surface area contributed by atoms with Gasteiger partial charge in [-0.05, 0) is 42.3 Å². The second kappa shape index (κ2) is 6.43. The van der Waals surface area contributed by atoms with Gasteiger partial charge in [0.2, 0.25) is 0 Å². The van der Waals surface area contributed by atoms with Crippen molar-refractivity contribution in [2.75, 3.05) is 11.4 Å². The minimum absolute atomic E-state index is 0.0283. The highest BCUT2D eigenvalue weighted by molar-refractivity contribution is 5.77. The summed E-state index contributed by atoms with van der Waals surface area (Å²) in [5.74, 6) is 1.50. The van der Waals surface area contributed by atoms with Crippen molar-refractivity contribution in [3.05, 3.63) is 94.4 Å². The molecule has 0 aliphatic carbocycles. The minimum atomic E-state index is -0.0283. The number of furan rings is 1. The van der Waals surface area contributed by atoms with E-state index in [-0.39, 0.29) is 5.56 Å². The molecule has 27 heavy (non-hydrogen) atoms. The van der Waals surface area contributed by atoms with Crippen molar-refractivity contribution in [3.8, 4) is 0 Å². The van der Waals surface area contributed by atoms with E-state index >= 15 is 0 Å². The van der Waals surface area contributed by atoms with Crippen LogP contribution >= 0.6 is 0 Å². The van der Waals surface area contributed by atoms with Gasteiger partial charge in [-0.25, -0.2) is 4.98 Å². The number of hydrogen-bond acceptors (Lipinski definition) is 4. The van der Waals surface area contributed by atoms with E-state index in [1.54, 1.807) is 10.8 Å². The van der Waals surface area contributed by atoms with Gasteiger partial charge in [0.25, 0.3) is 5.56 Å². The fourth-order valence-corrected chi connectivity index (χ4v) is 3.80. The summed E-state index contributed by atoms with van der Waals surface area (Å²) in [4.78, 5) is 20.3. The Balaban J connectivity index is 1.61. The second-order valence-corrected chi connectivity index (χ2v) is 6.82. The SMILES string of the molecule is O=c1c2ccccc2nc(CN2CCc3ccccc32)n1Cc1ccco1. The molecule has 0 bridgehead atoms. The molecule has 134 valence electrons. The molecule has 5 nitrogen and oxygen atoms in total. The van der Waals surface area contributed by atoms with Crippen LogP contribution < -0.4 is 10.5 Å². The first-order valence-corrected chi connectivity index (χ1v) is 9.13. The number of para-hydroxylation sites is 2. The molecular formula is C22H19N3O2. The van der Waals surface area contributed by atoms with E-state index in [0.29, 0.717) is 18.5 Å². The average molecular weight is 357 g/mol. The van der Waals surface area contributed by atoms with Gasteiger partial charge in [-0.3, -0.25) is 9.36 Å². The summed E-state index contributed by atoms with van der Waals surface area (Å²) in [6.07, 6.45) is 2.65. The van der Waals surface area contributed by atoms with Crippen molar-refractivity contribution < 1.29 is 4.42 Å². The molecule has 0 saturated heterocycles. The fourth-order valence-electron chi connectivity index (χ4n) is 3.80. The van der Waals surface area contributed by atoms with E-state index in [0.717, 1.165) is 30.1 Å². The molecule has 3 heterocycles. The first-order chi connectivity index (χ1) is 13.3. The minimum Gasteiger partial charge on any atom is -0.467 e. The monoisotopic (exact) mass is 357 g/mol. The summed E-state index contributed by atoms with van der Waals surface area (Å²) in [7, 11) is 0. The number of nitrogens with zero attached hydrogens (tertiary/aromatic N) is 3. The molecule has 0 atom stereocenters. The molecule has 0 amide bonds. The summed E-state index contributed by atoms with van der Waals surface area (Å²) < 4.78 is 7.22. The summed E-state index contributed by atoms with van der Waals surface area (Å²) in [6.45, 7) is 1.91. The number of fused-ring (bicyclic) bond motifs is 2. The van der Waals surface area contributed by atoms with Crippen LogP contribution in [0.5, 0.6) is 0 Å². The van der Waals surface area contributed by atoms with Crippen LogP contribution in [0.4, 0.5) is 5.69 Å². The second-order valence-electron chi connectivity index (χ2n) is 6.82. The first-order valence-electron chi connectivity index (χ1n) is 9.13. The Labute approximate surface area is 156 Å². The van der Waals surface area contributed by atoms with Gasteiger partial charge in [0, 0.05) is 12.2 Å². The molecule has 1 aliphatic heterocycles. The van der Waals surface area contributed by atoms with Crippen LogP contribution in [0.25, 0.3) is 10.9 Å². The molecule has 0 fully saturated rings. The first kappa shape index (κ1) is 15.9. The summed E-state index contributed by atoms with van der Waals surface area (Å²) in [5.41, 5.74) is 3.28. The highest BCUT2D eigenvalue weighted by Gasteiger charge is 2.21. The lowest BCUT2D eigenvalue weighted by Crippen LogP contribution is -2.30. The fraction of sp³-hybridized carbons (Fsp3) is 0.182. The van der Waals surface area contributed by atoms with Crippen molar-refractivity contribution in [1.82, 2.24) is 9.55 Å². The van der Waals surface area contributed by atoms with Gasteiger partial charge in [-0.2, -0.15) is 0 Å². The zero-order chi connectivity index (χ0) is 18.2. The molecule has 0 unspecified atom stereocenters. The van der Waals surface area contributed by atoms with Crippen LogP contribution in [0.1, 0.15) is 17.1 Å². The number of anilines is 1. The van der Waals surface area contributed by atoms with Gasteiger partial charge < -0.3 is 9.32 Å². The normalized spacial score (nSPS) is 13.3. The zero-order valence-corrected chi connectivity index (χ0v) is 14.8. The Hall–Kier alpha value is -3.34. The Kier molecular flexibility index (Phi) is 3.78. The van der Waals surface area contributed by atoms with E-state index in [2.05, 4.69) is 29.2 Å². The maximum Gasteiger partial charge on any atom is 0.261 e. The topological polar surface area (TPSA) is 51.3 Å². The van der Waals surface area contributed by atoms with E-state index in [9.17, 15) is 4.79 Å². The van der Waals surface area contributed by atoms with Crippen LogP contribution in [0, 0.1) is 0 Å². The Bertz CT molecular complexity index is 1160. The van der Waals surface area contributed by atoms with E-state index in [1.807, 2.05) is 36.4 Å². The number of aromatic nitrogens is 2. The van der Waals surface area contributed by atoms with Gasteiger partial charge in [0.15, 0.2) is 0 Å². The molecule has 0 saturated carbocycles. The molecule has 0 radical (unpaired) electrons. The highest BCUT2D eigenvalue weighted by Crippen LogP contribution is 2.28. The van der Waals surface area contributed by atoms with Crippen LogP contribution in [0.3, 0.4) is 0 Å². The molecule has 5 rings (SSSR count). The van der Waals surface area contributed by atoms with Crippen molar-refractivity contribution in [1.29, 1.82) is 0 Å². The lowest BCUT2D eigenvalue weighted by atomic mass is 10.2. The average Bonchev–Trinajstić information content (AvgIpc) is 3.35. The van der Waals surface area contributed by atoms with Gasteiger partial charge in [0.05, 0.1) is 30.3 Å². The molecule has 1 aliphatic rings. The third-order valence-corrected chi connectivity index (χ3v) is 5.15. The maximum absolute atomic E-state index is 13.2. The standard InChI is InChI=1S/C22H19N3O2/c26-22-18-8-2-3-9-19(18)23-21(25(22)14-17-7-5-13-27-17)15-24-12-11-16-6-1-4-10-20(16)24/h1-10,13H,11-12,14-15H2. The lowest BCUT2D eigenvalue weighted by Gasteiger charge is -2.21. The predicted molar refractivity (Wildman–Crippen MR) is 105 cm³/mol. The molecule has 2 aromatic heterocycles. The zero-order valence-electron chi connectivity index (χ0n) is 14.8. The van der Waals surface area contributed by atoms with Gasteiger partial charge in [-0.1, -0.05) is 30.3 Å². The molecule has 4 aromatic rings. The van der Waals surface area contributed by atoms with E-state index in [4.69, 9.17) is 9.40 Å². The van der Waals surface area contributed by atoms with Crippen molar-refractivity contribution in [2.24, 2.45) is 0 Å².